The van der Waals surface area contributed by atoms with Crippen LogP contribution in [0.1, 0.15) is 10.4 Å². The molecule has 0 bridgehead atoms. The summed E-state index contributed by atoms with van der Waals surface area (Å²) >= 11 is 1.58. The highest BCUT2D eigenvalue weighted by Gasteiger charge is 2.15. The van der Waals surface area contributed by atoms with Crippen LogP contribution in [0.25, 0.3) is 0 Å². The maximum atomic E-state index is 13.3. The zero-order valence-electron chi connectivity index (χ0n) is 10.4. The highest BCUT2D eigenvalue weighted by atomic mass is 35.7. The second kappa shape index (κ2) is 7.66. The zero-order chi connectivity index (χ0) is 15.2. The number of thioether (sulfide) groups is 1. The summed E-state index contributed by atoms with van der Waals surface area (Å²) in [4.78, 5) is 11.3. The van der Waals surface area contributed by atoms with Gasteiger partial charge in [-0.25, -0.2) is 12.8 Å². The molecule has 0 saturated carbocycles. The molecule has 1 N–H and O–H groups in total. The van der Waals surface area contributed by atoms with E-state index in [1.54, 1.807) is 17.8 Å². The van der Waals surface area contributed by atoms with Gasteiger partial charge in [-0.15, -0.1) is 6.58 Å². The van der Waals surface area contributed by atoms with Gasteiger partial charge in [0.25, 0.3) is 15.0 Å². The Morgan fingerprint density at radius 3 is 2.75 bits per heavy atom. The van der Waals surface area contributed by atoms with E-state index in [1.807, 2.05) is 0 Å². The standard InChI is InChI=1S/C12H13ClFNO3S2/c1-2-4-19-5-3-15-12(16)9-6-10(14)8-11(7-9)20(13,17)18/h2,6-8H,1,3-5H2,(H,15,16). The molecule has 1 aromatic carbocycles. The number of carbonyl (C=O) groups excluding carboxylic acids is 1. The van der Waals surface area contributed by atoms with E-state index in [1.165, 1.54) is 0 Å². The molecule has 0 saturated heterocycles. The highest BCUT2D eigenvalue weighted by Crippen LogP contribution is 2.18. The van der Waals surface area contributed by atoms with Crippen molar-refractivity contribution in [3.05, 3.63) is 42.2 Å². The molecule has 1 aromatic rings. The van der Waals surface area contributed by atoms with E-state index < -0.39 is 25.7 Å². The van der Waals surface area contributed by atoms with Crippen molar-refractivity contribution in [2.45, 2.75) is 4.90 Å². The van der Waals surface area contributed by atoms with E-state index in [0.717, 1.165) is 24.0 Å². The minimum atomic E-state index is -4.08. The van der Waals surface area contributed by atoms with Crippen molar-refractivity contribution in [2.75, 3.05) is 18.1 Å². The van der Waals surface area contributed by atoms with Gasteiger partial charge >= 0.3 is 0 Å². The Balaban J connectivity index is 2.73. The molecule has 1 amide bonds. The number of rotatable bonds is 7. The first kappa shape index (κ1) is 17.0. The van der Waals surface area contributed by atoms with Crippen LogP contribution in [0.3, 0.4) is 0 Å². The van der Waals surface area contributed by atoms with Crippen LogP contribution in [0.15, 0.2) is 35.7 Å². The molecular formula is C12H13ClFNO3S2. The minimum absolute atomic E-state index is 0.0852. The number of nitrogens with one attached hydrogen (secondary N) is 1. The van der Waals surface area contributed by atoms with E-state index in [0.29, 0.717) is 12.3 Å². The van der Waals surface area contributed by atoms with Gasteiger partial charge in [-0.2, -0.15) is 11.8 Å². The quantitative estimate of drug-likeness (QED) is 0.471. The monoisotopic (exact) mass is 337 g/mol. The maximum Gasteiger partial charge on any atom is 0.261 e. The normalized spacial score (nSPS) is 11.1. The van der Waals surface area contributed by atoms with Crippen molar-refractivity contribution in [1.29, 1.82) is 0 Å². The van der Waals surface area contributed by atoms with Gasteiger partial charge in [0.15, 0.2) is 0 Å². The summed E-state index contributed by atoms with van der Waals surface area (Å²) in [7, 11) is 1.05. The Morgan fingerprint density at radius 2 is 2.15 bits per heavy atom. The molecule has 0 aliphatic heterocycles. The lowest BCUT2D eigenvalue weighted by Crippen LogP contribution is -2.26. The molecule has 0 heterocycles. The summed E-state index contributed by atoms with van der Waals surface area (Å²) in [6.07, 6.45) is 1.75. The molecule has 8 heteroatoms. The zero-order valence-corrected chi connectivity index (χ0v) is 12.8. The van der Waals surface area contributed by atoms with Gasteiger partial charge in [0, 0.05) is 34.3 Å². The molecule has 110 valence electrons. The molecule has 4 nitrogen and oxygen atoms in total. The smallest absolute Gasteiger partial charge is 0.261 e. The van der Waals surface area contributed by atoms with E-state index in [4.69, 9.17) is 10.7 Å². The molecule has 0 atom stereocenters. The second-order valence-electron chi connectivity index (χ2n) is 3.73. The Kier molecular flexibility index (Phi) is 6.51. The van der Waals surface area contributed by atoms with Crippen molar-refractivity contribution in [3.8, 4) is 0 Å². The van der Waals surface area contributed by atoms with Gasteiger partial charge in [-0.1, -0.05) is 6.08 Å². The molecule has 0 unspecified atom stereocenters. The van der Waals surface area contributed by atoms with Crippen molar-refractivity contribution in [1.82, 2.24) is 5.32 Å². The summed E-state index contributed by atoms with van der Waals surface area (Å²) in [6.45, 7) is 3.95. The van der Waals surface area contributed by atoms with Gasteiger partial charge < -0.3 is 5.32 Å². The summed E-state index contributed by atoms with van der Waals surface area (Å²) in [5, 5.41) is 2.57. The SMILES string of the molecule is C=CCSCCNC(=O)c1cc(F)cc(S(=O)(=O)Cl)c1. The number of hydrogen-bond acceptors (Lipinski definition) is 4. The van der Waals surface area contributed by atoms with Crippen LogP contribution in [0.5, 0.6) is 0 Å². The predicted molar refractivity (Wildman–Crippen MR) is 79.3 cm³/mol. The van der Waals surface area contributed by atoms with Gasteiger partial charge in [0.2, 0.25) is 0 Å². The van der Waals surface area contributed by atoms with Crippen LogP contribution < -0.4 is 5.32 Å². The van der Waals surface area contributed by atoms with Crippen molar-refractivity contribution in [3.63, 3.8) is 0 Å². The number of benzene rings is 1. The predicted octanol–water partition coefficient (Wildman–Crippen LogP) is 2.40. The number of amides is 1. The Labute approximate surface area is 125 Å². The molecule has 0 aliphatic rings. The van der Waals surface area contributed by atoms with Gasteiger partial charge in [0.1, 0.15) is 5.82 Å². The average molecular weight is 338 g/mol. The Morgan fingerprint density at radius 1 is 1.45 bits per heavy atom. The second-order valence-corrected chi connectivity index (χ2v) is 7.45. The van der Waals surface area contributed by atoms with Gasteiger partial charge in [0.05, 0.1) is 4.90 Å². The van der Waals surface area contributed by atoms with Crippen LogP contribution in [0, 0.1) is 5.82 Å². The first-order chi connectivity index (χ1) is 9.34. The van der Waals surface area contributed by atoms with Crippen molar-refractivity contribution < 1.29 is 17.6 Å². The van der Waals surface area contributed by atoms with Crippen LogP contribution >= 0.6 is 22.4 Å². The first-order valence-corrected chi connectivity index (χ1v) is 9.03. The molecule has 0 spiro atoms. The fourth-order valence-corrected chi connectivity index (χ4v) is 2.71. The molecule has 0 fully saturated rings. The Bertz CT molecular complexity index is 605. The van der Waals surface area contributed by atoms with Crippen LogP contribution in [0.2, 0.25) is 0 Å². The lowest BCUT2D eigenvalue weighted by atomic mass is 10.2. The largest absolute Gasteiger partial charge is 0.351 e. The van der Waals surface area contributed by atoms with E-state index in [2.05, 4.69) is 11.9 Å². The molecule has 0 aliphatic carbocycles. The van der Waals surface area contributed by atoms with Crippen LogP contribution in [-0.4, -0.2) is 32.4 Å². The summed E-state index contributed by atoms with van der Waals surface area (Å²) in [5.74, 6) is 0.0567. The lowest BCUT2D eigenvalue weighted by molar-refractivity contribution is 0.0955. The topological polar surface area (TPSA) is 63.2 Å². The van der Waals surface area contributed by atoms with Crippen LogP contribution in [-0.2, 0) is 9.05 Å². The van der Waals surface area contributed by atoms with Crippen LogP contribution in [0.4, 0.5) is 4.39 Å². The lowest BCUT2D eigenvalue weighted by Gasteiger charge is -2.06. The van der Waals surface area contributed by atoms with Gasteiger partial charge in [-0.05, 0) is 18.2 Å². The third-order valence-corrected chi connectivity index (χ3v) is 4.48. The van der Waals surface area contributed by atoms with Crippen molar-refractivity contribution >= 4 is 37.4 Å². The molecule has 0 radical (unpaired) electrons. The highest BCUT2D eigenvalue weighted by molar-refractivity contribution is 8.13. The number of halogens is 2. The Hall–Kier alpha value is -1.05. The minimum Gasteiger partial charge on any atom is -0.351 e. The third-order valence-electron chi connectivity index (χ3n) is 2.18. The molecule has 1 rings (SSSR count). The van der Waals surface area contributed by atoms with Gasteiger partial charge in [-0.3, -0.25) is 4.79 Å². The first-order valence-electron chi connectivity index (χ1n) is 5.56. The third kappa shape index (κ3) is 5.52. The summed E-state index contributed by atoms with van der Waals surface area (Å²) in [5.41, 5.74) is -0.0852. The van der Waals surface area contributed by atoms with E-state index >= 15 is 0 Å². The fourth-order valence-electron chi connectivity index (χ4n) is 1.34. The van der Waals surface area contributed by atoms with E-state index in [9.17, 15) is 17.6 Å². The fraction of sp³-hybridized carbons (Fsp3) is 0.250. The average Bonchev–Trinajstić information content (AvgIpc) is 2.36. The number of carbonyl (C=O) groups is 1. The molecular weight excluding hydrogens is 325 g/mol. The maximum absolute atomic E-state index is 13.3. The van der Waals surface area contributed by atoms with Crippen molar-refractivity contribution in [2.24, 2.45) is 0 Å². The van der Waals surface area contributed by atoms with E-state index in [-0.39, 0.29) is 5.56 Å². The number of hydrogen-bond donors (Lipinski definition) is 1. The summed E-state index contributed by atoms with van der Waals surface area (Å²) < 4.78 is 35.6. The molecule has 20 heavy (non-hydrogen) atoms. The summed E-state index contributed by atoms with van der Waals surface area (Å²) in [6, 6.07) is 2.76. The molecule has 0 aromatic heterocycles.